The van der Waals surface area contributed by atoms with Gasteiger partial charge in [-0.05, 0) is 25.7 Å². The van der Waals surface area contributed by atoms with Crippen molar-refractivity contribution in [1.29, 1.82) is 0 Å². The summed E-state index contributed by atoms with van der Waals surface area (Å²) in [5.74, 6) is 0.00456. The van der Waals surface area contributed by atoms with E-state index in [4.69, 9.17) is 0 Å². The summed E-state index contributed by atoms with van der Waals surface area (Å²) in [6.07, 6.45) is 4.18. The number of carbonyl (C=O) groups is 1. The molecule has 0 bridgehead atoms. The first kappa shape index (κ1) is 11.1. The monoisotopic (exact) mass is 288 g/mol. The van der Waals surface area contributed by atoms with E-state index in [0.717, 1.165) is 24.4 Å². The summed E-state index contributed by atoms with van der Waals surface area (Å²) in [6.45, 7) is 1.97. The van der Waals surface area contributed by atoms with E-state index in [-0.39, 0.29) is 10.7 Å². The molecule has 0 saturated heterocycles. The fourth-order valence-corrected chi connectivity index (χ4v) is 2.78. The number of aromatic nitrogens is 1. The number of carbonyl (C=O) groups excluding carboxylic acids is 1. The van der Waals surface area contributed by atoms with Gasteiger partial charge in [0.05, 0.1) is 10.5 Å². The fraction of sp³-hybridized carbons (Fsp3) is 0.600. The van der Waals surface area contributed by atoms with E-state index in [9.17, 15) is 4.79 Å². The van der Waals surface area contributed by atoms with Gasteiger partial charge in [-0.25, -0.2) is 4.98 Å². The molecule has 1 N–H and O–H groups in total. The quantitative estimate of drug-likeness (QED) is 0.869. The van der Waals surface area contributed by atoms with Crippen molar-refractivity contribution >= 4 is 38.3 Å². The lowest BCUT2D eigenvalue weighted by Gasteiger charge is -2.05. The van der Waals surface area contributed by atoms with Crippen molar-refractivity contribution in [2.24, 2.45) is 0 Å². The molecule has 1 aliphatic carbocycles. The van der Waals surface area contributed by atoms with Crippen LogP contribution >= 0.6 is 27.3 Å². The molecule has 3 nitrogen and oxygen atoms in total. The minimum Gasteiger partial charge on any atom is -0.301 e. The zero-order valence-electron chi connectivity index (χ0n) is 8.55. The van der Waals surface area contributed by atoms with Crippen molar-refractivity contribution in [3.05, 3.63) is 10.6 Å². The summed E-state index contributed by atoms with van der Waals surface area (Å²) < 4.78 is 0. The zero-order valence-corrected chi connectivity index (χ0v) is 10.9. The number of aryl methyl sites for hydroxylation is 2. The van der Waals surface area contributed by atoms with E-state index in [0.29, 0.717) is 0 Å². The molecule has 0 fully saturated rings. The van der Waals surface area contributed by atoms with Gasteiger partial charge in [0, 0.05) is 4.88 Å². The molecule has 0 aliphatic heterocycles. The second-order valence-corrected chi connectivity index (χ2v) is 5.80. The third-order valence-corrected chi connectivity index (χ3v) is 4.60. The second-order valence-electron chi connectivity index (χ2n) is 3.61. The van der Waals surface area contributed by atoms with Crippen LogP contribution in [0.3, 0.4) is 0 Å². The summed E-state index contributed by atoms with van der Waals surface area (Å²) in [5.41, 5.74) is 1.18. The molecule has 1 aliphatic rings. The molecule has 82 valence electrons. The van der Waals surface area contributed by atoms with E-state index >= 15 is 0 Å². The van der Waals surface area contributed by atoms with Gasteiger partial charge in [0.2, 0.25) is 5.91 Å². The third kappa shape index (κ3) is 2.39. The summed E-state index contributed by atoms with van der Waals surface area (Å²) in [5, 5.41) is 3.60. The number of hydrogen-bond acceptors (Lipinski definition) is 3. The van der Waals surface area contributed by atoms with Crippen LogP contribution in [0.5, 0.6) is 0 Å². The highest BCUT2D eigenvalue weighted by Gasteiger charge is 2.19. The first-order valence-corrected chi connectivity index (χ1v) is 6.87. The first-order chi connectivity index (χ1) is 7.20. The van der Waals surface area contributed by atoms with Crippen LogP contribution in [0.15, 0.2) is 0 Å². The maximum atomic E-state index is 11.6. The van der Waals surface area contributed by atoms with Gasteiger partial charge in [-0.1, -0.05) is 22.9 Å². The lowest BCUT2D eigenvalue weighted by molar-refractivity contribution is -0.115. The summed E-state index contributed by atoms with van der Waals surface area (Å²) in [4.78, 5) is 17.2. The lowest BCUT2D eigenvalue weighted by Crippen LogP contribution is -2.21. The Balaban J connectivity index is 2.02. The summed E-state index contributed by atoms with van der Waals surface area (Å²) in [7, 11) is 0. The first-order valence-electron chi connectivity index (χ1n) is 5.14. The molecule has 1 aromatic heterocycles. The standard InChI is InChI=1S/C10H13BrN2OS/c1-2-6(11)9(14)13-10-12-7-4-3-5-8(7)15-10/h6H,2-5H2,1H3,(H,12,13,14). The normalized spacial score (nSPS) is 16.1. The van der Waals surface area contributed by atoms with E-state index in [2.05, 4.69) is 26.2 Å². The number of nitrogens with zero attached hydrogens (tertiary/aromatic N) is 1. The molecule has 0 aromatic carbocycles. The van der Waals surface area contributed by atoms with Gasteiger partial charge >= 0.3 is 0 Å². The Morgan fingerprint density at radius 1 is 1.67 bits per heavy atom. The van der Waals surface area contributed by atoms with E-state index < -0.39 is 0 Å². The molecule has 1 unspecified atom stereocenters. The van der Waals surface area contributed by atoms with Crippen LogP contribution in [-0.2, 0) is 17.6 Å². The van der Waals surface area contributed by atoms with Crippen LogP contribution in [0.4, 0.5) is 5.13 Å². The second kappa shape index (κ2) is 4.61. The molecule has 1 heterocycles. The van der Waals surface area contributed by atoms with E-state index in [1.165, 1.54) is 17.0 Å². The van der Waals surface area contributed by atoms with Gasteiger partial charge in [-0.15, -0.1) is 11.3 Å². The molecule has 1 aromatic rings. The predicted molar refractivity (Wildman–Crippen MR) is 65.8 cm³/mol. The molecule has 2 rings (SSSR count). The molecule has 1 amide bonds. The number of anilines is 1. The Kier molecular flexibility index (Phi) is 3.41. The molecule has 0 saturated carbocycles. The van der Waals surface area contributed by atoms with Crippen LogP contribution in [-0.4, -0.2) is 15.7 Å². The number of halogens is 1. The van der Waals surface area contributed by atoms with Gasteiger partial charge < -0.3 is 5.32 Å². The van der Waals surface area contributed by atoms with Crippen molar-refractivity contribution in [1.82, 2.24) is 4.98 Å². The van der Waals surface area contributed by atoms with Crippen LogP contribution in [0.2, 0.25) is 0 Å². The Bertz CT molecular complexity index is 356. The van der Waals surface area contributed by atoms with Gasteiger partial charge in [-0.3, -0.25) is 4.79 Å². The SMILES string of the molecule is CCC(Br)C(=O)Nc1nc2c(s1)CCC2. The maximum absolute atomic E-state index is 11.6. The number of alkyl halides is 1. The van der Waals surface area contributed by atoms with Gasteiger partial charge in [0.1, 0.15) is 0 Å². The van der Waals surface area contributed by atoms with Crippen LogP contribution < -0.4 is 5.32 Å². The summed E-state index contributed by atoms with van der Waals surface area (Å²) in [6, 6.07) is 0. The van der Waals surface area contributed by atoms with Crippen LogP contribution in [0, 0.1) is 0 Å². The Morgan fingerprint density at radius 3 is 3.13 bits per heavy atom. The van der Waals surface area contributed by atoms with Crippen molar-refractivity contribution in [2.75, 3.05) is 5.32 Å². The average Bonchev–Trinajstić information content (AvgIpc) is 2.76. The largest absolute Gasteiger partial charge is 0.301 e. The van der Waals surface area contributed by atoms with Gasteiger partial charge in [0.25, 0.3) is 0 Å². The Morgan fingerprint density at radius 2 is 2.47 bits per heavy atom. The maximum Gasteiger partial charge on any atom is 0.239 e. The highest BCUT2D eigenvalue weighted by molar-refractivity contribution is 9.10. The Hall–Kier alpha value is -0.420. The fourth-order valence-electron chi connectivity index (χ4n) is 1.61. The van der Waals surface area contributed by atoms with E-state index in [1.54, 1.807) is 11.3 Å². The van der Waals surface area contributed by atoms with Crippen LogP contribution in [0.1, 0.15) is 30.3 Å². The topological polar surface area (TPSA) is 42.0 Å². The predicted octanol–water partition coefficient (Wildman–Crippen LogP) is 2.74. The molecule has 0 radical (unpaired) electrons. The van der Waals surface area contributed by atoms with Crippen molar-refractivity contribution in [3.8, 4) is 0 Å². The molecule has 0 spiro atoms. The van der Waals surface area contributed by atoms with Crippen LogP contribution in [0.25, 0.3) is 0 Å². The molecule has 15 heavy (non-hydrogen) atoms. The number of nitrogens with one attached hydrogen (secondary N) is 1. The molecule has 1 atom stereocenters. The highest BCUT2D eigenvalue weighted by Crippen LogP contribution is 2.30. The highest BCUT2D eigenvalue weighted by atomic mass is 79.9. The Labute approximate surface area is 101 Å². The van der Waals surface area contributed by atoms with Gasteiger partial charge in [-0.2, -0.15) is 0 Å². The summed E-state index contributed by atoms with van der Waals surface area (Å²) >= 11 is 4.94. The molecule has 5 heteroatoms. The van der Waals surface area contributed by atoms with Crippen molar-refractivity contribution < 1.29 is 4.79 Å². The van der Waals surface area contributed by atoms with Crippen molar-refractivity contribution in [3.63, 3.8) is 0 Å². The zero-order chi connectivity index (χ0) is 10.8. The lowest BCUT2D eigenvalue weighted by atomic mass is 10.3. The van der Waals surface area contributed by atoms with Gasteiger partial charge in [0.15, 0.2) is 5.13 Å². The average molecular weight is 289 g/mol. The molecular weight excluding hydrogens is 276 g/mol. The number of thiazole rings is 1. The third-order valence-electron chi connectivity index (χ3n) is 2.47. The number of amides is 1. The minimum absolute atomic E-state index is 0.00456. The van der Waals surface area contributed by atoms with E-state index in [1.807, 2.05) is 6.92 Å². The number of fused-ring (bicyclic) bond motifs is 1. The molecular formula is C10H13BrN2OS. The number of hydrogen-bond donors (Lipinski definition) is 1. The van der Waals surface area contributed by atoms with Crippen molar-refractivity contribution in [2.45, 2.75) is 37.4 Å². The smallest absolute Gasteiger partial charge is 0.239 e. The number of rotatable bonds is 3. The minimum atomic E-state index is -0.115.